The summed E-state index contributed by atoms with van der Waals surface area (Å²) in [6.07, 6.45) is 0.756. The van der Waals surface area contributed by atoms with Crippen molar-refractivity contribution >= 4 is 11.6 Å². The third-order valence-electron chi connectivity index (χ3n) is 4.13. The SMILES string of the molecule is CCc1nc(N(C)C)n(-c2ccc(C)cc2)c(=Nc2ccc(C)cc2)n1. The number of aromatic nitrogens is 3. The van der Waals surface area contributed by atoms with E-state index < -0.39 is 0 Å². The van der Waals surface area contributed by atoms with Crippen LogP contribution >= 0.6 is 0 Å². The Morgan fingerprint density at radius 2 is 1.46 bits per heavy atom. The van der Waals surface area contributed by atoms with Crippen LogP contribution in [0.25, 0.3) is 5.69 Å². The fourth-order valence-corrected chi connectivity index (χ4v) is 2.64. The number of nitrogens with zero attached hydrogens (tertiary/aromatic N) is 5. The van der Waals surface area contributed by atoms with Crippen molar-refractivity contribution < 1.29 is 0 Å². The third kappa shape index (κ3) is 3.82. The summed E-state index contributed by atoms with van der Waals surface area (Å²) in [6.45, 7) is 6.20. The van der Waals surface area contributed by atoms with Crippen LogP contribution in [0.5, 0.6) is 0 Å². The first kappa shape index (κ1) is 17.9. The Kier molecular flexibility index (Phi) is 5.16. The molecule has 1 aromatic heterocycles. The van der Waals surface area contributed by atoms with Crippen LogP contribution in [0.1, 0.15) is 23.9 Å². The smallest absolute Gasteiger partial charge is 0.239 e. The van der Waals surface area contributed by atoms with Gasteiger partial charge in [0.1, 0.15) is 5.82 Å². The molecule has 0 bridgehead atoms. The zero-order valence-corrected chi connectivity index (χ0v) is 16.1. The van der Waals surface area contributed by atoms with Crippen LogP contribution in [-0.2, 0) is 6.42 Å². The van der Waals surface area contributed by atoms with E-state index >= 15 is 0 Å². The molecule has 0 saturated heterocycles. The molecule has 3 aromatic rings. The summed E-state index contributed by atoms with van der Waals surface area (Å²) < 4.78 is 2.00. The Morgan fingerprint density at radius 1 is 0.885 bits per heavy atom. The first-order valence-corrected chi connectivity index (χ1v) is 8.83. The van der Waals surface area contributed by atoms with Gasteiger partial charge in [0.05, 0.1) is 11.4 Å². The topological polar surface area (TPSA) is 46.3 Å². The van der Waals surface area contributed by atoms with E-state index in [4.69, 9.17) is 15.0 Å². The van der Waals surface area contributed by atoms with Gasteiger partial charge in [0.25, 0.3) is 0 Å². The predicted molar refractivity (Wildman–Crippen MR) is 106 cm³/mol. The predicted octanol–water partition coefficient (Wildman–Crippen LogP) is 3.74. The van der Waals surface area contributed by atoms with Crippen LogP contribution in [0.3, 0.4) is 0 Å². The van der Waals surface area contributed by atoms with Gasteiger partial charge in [0, 0.05) is 20.5 Å². The Hall–Kier alpha value is -2.95. The molecule has 134 valence electrons. The van der Waals surface area contributed by atoms with Crippen molar-refractivity contribution in [3.05, 3.63) is 71.1 Å². The molecule has 5 nitrogen and oxygen atoms in total. The van der Waals surface area contributed by atoms with Crippen molar-refractivity contribution in [1.29, 1.82) is 0 Å². The average molecular weight is 347 g/mol. The zero-order valence-electron chi connectivity index (χ0n) is 16.1. The fourth-order valence-electron chi connectivity index (χ4n) is 2.64. The maximum atomic E-state index is 4.82. The van der Waals surface area contributed by atoms with Crippen molar-refractivity contribution in [2.24, 2.45) is 4.99 Å². The number of anilines is 1. The van der Waals surface area contributed by atoms with Crippen molar-refractivity contribution in [1.82, 2.24) is 14.5 Å². The minimum atomic E-state index is 0.633. The number of hydrogen-bond donors (Lipinski definition) is 0. The molecule has 5 heteroatoms. The lowest BCUT2D eigenvalue weighted by molar-refractivity contribution is 0.757. The van der Waals surface area contributed by atoms with Gasteiger partial charge in [-0.15, -0.1) is 0 Å². The maximum absolute atomic E-state index is 4.82. The highest BCUT2D eigenvalue weighted by molar-refractivity contribution is 5.44. The lowest BCUT2D eigenvalue weighted by atomic mass is 10.2. The van der Waals surface area contributed by atoms with Gasteiger partial charge in [-0.25, -0.2) is 9.56 Å². The largest absolute Gasteiger partial charge is 0.348 e. The molecular formula is C21H25N5. The molecule has 0 spiro atoms. The molecule has 26 heavy (non-hydrogen) atoms. The summed E-state index contributed by atoms with van der Waals surface area (Å²) in [5.41, 5.74) is 4.92. The van der Waals surface area contributed by atoms with E-state index in [1.54, 1.807) is 0 Å². The molecule has 0 fully saturated rings. The molecular weight excluding hydrogens is 322 g/mol. The summed E-state index contributed by atoms with van der Waals surface area (Å²) in [7, 11) is 3.98. The van der Waals surface area contributed by atoms with Crippen LogP contribution in [0.15, 0.2) is 53.5 Å². The molecule has 0 saturated carbocycles. The molecule has 0 aliphatic rings. The fraction of sp³-hybridized carbons (Fsp3) is 0.286. The Bertz CT molecular complexity index is 951. The van der Waals surface area contributed by atoms with Crippen LogP contribution in [0.2, 0.25) is 0 Å². The third-order valence-corrected chi connectivity index (χ3v) is 4.13. The van der Waals surface area contributed by atoms with Gasteiger partial charge in [-0.3, -0.25) is 0 Å². The monoisotopic (exact) mass is 347 g/mol. The molecule has 3 rings (SSSR count). The second-order valence-electron chi connectivity index (χ2n) is 6.61. The highest BCUT2D eigenvalue weighted by Crippen LogP contribution is 2.16. The van der Waals surface area contributed by atoms with Gasteiger partial charge in [-0.05, 0) is 38.1 Å². The quantitative estimate of drug-likeness (QED) is 0.722. The highest BCUT2D eigenvalue weighted by Gasteiger charge is 2.12. The van der Waals surface area contributed by atoms with Crippen molar-refractivity contribution in [3.63, 3.8) is 0 Å². The van der Waals surface area contributed by atoms with Gasteiger partial charge in [0.15, 0.2) is 0 Å². The molecule has 0 aliphatic heterocycles. The number of aryl methyl sites for hydroxylation is 3. The van der Waals surface area contributed by atoms with E-state index in [0.29, 0.717) is 5.62 Å². The second-order valence-corrected chi connectivity index (χ2v) is 6.61. The van der Waals surface area contributed by atoms with Crippen LogP contribution in [0.4, 0.5) is 11.6 Å². The maximum Gasteiger partial charge on any atom is 0.239 e. The number of benzene rings is 2. The summed E-state index contributed by atoms with van der Waals surface area (Å²) in [5, 5.41) is 0. The normalized spacial score (nSPS) is 11.7. The molecule has 0 aliphatic carbocycles. The number of hydrogen-bond acceptors (Lipinski definition) is 4. The minimum Gasteiger partial charge on any atom is -0.348 e. The van der Waals surface area contributed by atoms with Gasteiger partial charge in [-0.1, -0.05) is 42.3 Å². The molecule has 2 aromatic carbocycles. The molecule has 0 N–H and O–H groups in total. The lowest BCUT2D eigenvalue weighted by Crippen LogP contribution is -2.31. The summed E-state index contributed by atoms with van der Waals surface area (Å²) in [6, 6.07) is 16.5. The Morgan fingerprint density at radius 3 is 2.00 bits per heavy atom. The molecule has 0 unspecified atom stereocenters. The minimum absolute atomic E-state index is 0.633. The molecule has 1 heterocycles. The molecule has 0 atom stereocenters. The van der Waals surface area contributed by atoms with Gasteiger partial charge in [-0.2, -0.15) is 9.97 Å². The van der Waals surface area contributed by atoms with E-state index in [9.17, 15) is 0 Å². The standard InChI is InChI=1S/C21H25N5/c1-6-19-23-20(22-17-11-7-15(2)8-12-17)26(21(24-19)25(4)5)18-13-9-16(3)10-14-18/h7-14H,6H2,1-5H3. The Labute approximate surface area is 154 Å². The van der Waals surface area contributed by atoms with E-state index in [1.807, 2.05) is 35.7 Å². The lowest BCUT2D eigenvalue weighted by Gasteiger charge is -2.19. The van der Waals surface area contributed by atoms with E-state index in [0.717, 1.165) is 29.6 Å². The second kappa shape index (κ2) is 7.52. The molecule has 0 amide bonds. The number of rotatable bonds is 4. The first-order chi connectivity index (χ1) is 12.5. The zero-order chi connectivity index (χ0) is 18.7. The van der Waals surface area contributed by atoms with Crippen LogP contribution < -0.4 is 10.5 Å². The highest BCUT2D eigenvalue weighted by atomic mass is 15.3. The van der Waals surface area contributed by atoms with Gasteiger partial charge < -0.3 is 4.90 Å². The van der Waals surface area contributed by atoms with E-state index in [-0.39, 0.29) is 0 Å². The van der Waals surface area contributed by atoms with Crippen LogP contribution in [0, 0.1) is 13.8 Å². The van der Waals surface area contributed by atoms with Crippen molar-refractivity contribution in [2.75, 3.05) is 19.0 Å². The average Bonchev–Trinajstić information content (AvgIpc) is 2.64. The van der Waals surface area contributed by atoms with Gasteiger partial charge >= 0.3 is 0 Å². The van der Waals surface area contributed by atoms with Crippen molar-refractivity contribution in [2.45, 2.75) is 27.2 Å². The van der Waals surface area contributed by atoms with E-state index in [1.165, 1.54) is 11.1 Å². The van der Waals surface area contributed by atoms with E-state index in [2.05, 4.69) is 57.2 Å². The molecule has 0 radical (unpaired) electrons. The van der Waals surface area contributed by atoms with Crippen molar-refractivity contribution in [3.8, 4) is 5.69 Å². The summed E-state index contributed by atoms with van der Waals surface area (Å²) in [5.74, 6) is 1.59. The van der Waals surface area contributed by atoms with Crippen LogP contribution in [-0.4, -0.2) is 28.6 Å². The van der Waals surface area contributed by atoms with Gasteiger partial charge in [0.2, 0.25) is 11.6 Å². The summed E-state index contributed by atoms with van der Waals surface area (Å²) >= 11 is 0. The Balaban J connectivity index is 2.31. The summed E-state index contributed by atoms with van der Waals surface area (Å²) in [4.78, 5) is 16.2. The first-order valence-electron chi connectivity index (χ1n) is 8.83.